The number of aromatic nitrogens is 1. The van der Waals surface area contributed by atoms with Gasteiger partial charge in [0.15, 0.2) is 0 Å². The molecule has 4 rings (SSSR count). The van der Waals surface area contributed by atoms with Gasteiger partial charge >= 0.3 is 0 Å². The second kappa shape index (κ2) is 8.59. The van der Waals surface area contributed by atoms with Gasteiger partial charge in [0.25, 0.3) is 0 Å². The zero-order valence-electron chi connectivity index (χ0n) is 16.5. The van der Waals surface area contributed by atoms with Crippen LogP contribution in [0, 0.1) is 0 Å². The highest BCUT2D eigenvalue weighted by molar-refractivity contribution is 9.10. The van der Waals surface area contributed by atoms with Gasteiger partial charge in [-0.3, -0.25) is 4.79 Å². The van der Waals surface area contributed by atoms with E-state index in [9.17, 15) is 4.79 Å². The number of nitrogens with zero attached hydrogens (tertiary/aromatic N) is 1. The lowest BCUT2D eigenvalue weighted by atomic mass is 9.74. The van der Waals surface area contributed by atoms with Crippen LogP contribution in [0.2, 0.25) is 0 Å². The van der Waals surface area contributed by atoms with Crippen LogP contribution < -0.4 is 10.1 Å². The van der Waals surface area contributed by atoms with Gasteiger partial charge in [-0.05, 0) is 48.7 Å². The molecule has 1 aliphatic heterocycles. The lowest BCUT2D eigenvalue weighted by Gasteiger charge is -2.38. The van der Waals surface area contributed by atoms with E-state index in [1.165, 1.54) is 5.56 Å². The number of benzene rings is 2. The number of carbonyl (C=O) groups is 1. The Kier molecular flexibility index (Phi) is 5.92. The first-order valence-corrected chi connectivity index (χ1v) is 10.6. The molecule has 1 amide bonds. The smallest absolute Gasteiger partial charge is 0.239 e. The Morgan fingerprint density at radius 2 is 1.93 bits per heavy atom. The second-order valence-electron chi connectivity index (χ2n) is 7.51. The molecule has 1 N–H and O–H groups in total. The Morgan fingerprint density at radius 3 is 2.66 bits per heavy atom. The number of nitrogens with one attached hydrogen (secondary N) is 1. The highest BCUT2D eigenvalue weighted by Gasteiger charge is 2.34. The van der Waals surface area contributed by atoms with Gasteiger partial charge in [-0.2, -0.15) is 0 Å². The van der Waals surface area contributed by atoms with Gasteiger partial charge in [-0.25, -0.2) is 0 Å². The molecular weight excluding hydrogens is 432 g/mol. The first-order chi connectivity index (χ1) is 14.1. The highest BCUT2D eigenvalue weighted by atomic mass is 79.9. The normalized spacial score (nSPS) is 15.9. The van der Waals surface area contributed by atoms with Crippen LogP contribution in [0.3, 0.4) is 0 Å². The third-order valence-corrected chi connectivity index (χ3v) is 6.54. The summed E-state index contributed by atoms with van der Waals surface area (Å²) in [5.41, 5.74) is 2.16. The average Bonchev–Trinajstić information content (AvgIpc) is 3.17. The van der Waals surface area contributed by atoms with Crippen molar-refractivity contribution >= 4 is 32.7 Å². The van der Waals surface area contributed by atoms with Crippen molar-refractivity contribution in [2.24, 2.45) is 0 Å². The Morgan fingerprint density at radius 1 is 1.17 bits per heavy atom. The van der Waals surface area contributed by atoms with Crippen molar-refractivity contribution in [3.8, 4) is 5.75 Å². The number of rotatable bonds is 6. The lowest BCUT2D eigenvalue weighted by Crippen LogP contribution is -2.45. The molecule has 29 heavy (non-hydrogen) atoms. The van der Waals surface area contributed by atoms with Crippen LogP contribution in [0.25, 0.3) is 10.9 Å². The quantitative estimate of drug-likeness (QED) is 0.602. The van der Waals surface area contributed by atoms with Crippen LogP contribution in [0.15, 0.2) is 59.2 Å². The van der Waals surface area contributed by atoms with E-state index < -0.39 is 0 Å². The van der Waals surface area contributed by atoms with Crippen molar-refractivity contribution in [1.29, 1.82) is 0 Å². The summed E-state index contributed by atoms with van der Waals surface area (Å²) >= 11 is 3.57. The summed E-state index contributed by atoms with van der Waals surface area (Å²) in [7, 11) is 1.67. The topological polar surface area (TPSA) is 52.5 Å². The van der Waals surface area contributed by atoms with Gasteiger partial charge in [-0.15, -0.1) is 0 Å². The zero-order chi connectivity index (χ0) is 20.3. The van der Waals surface area contributed by atoms with Crippen LogP contribution in [0.1, 0.15) is 18.4 Å². The molecule has 0 spiro atoms. The molecule has 6 heteroatoms. The highest BCUT2D eigenvalue weighted by Crippen LogP contribution is 2.35. The van der Waals surface area contributed by atoms with E-state index in [1.807, 2.05) is 47.2 Å². The first kappa shape index (κ1) is 20.0. The number of hydrogen-bond donors (Lipinski definition) is 1. The number of amides is 1. The minimum atomic E-state index is -0.109. The first-order valence-electron chi connectivity index (χ1n) is 9.84. The molecule has 0 unspecified atom stereocenters. The number of halogens is 1. The monoisotopic (exact) mass is 456 g/mol. The largest absolute Gasteiger partial charge is 0.497 e. The summed E-state index contributed by atoms with van der Waals surface area (Å²) in [6.45, 7) is 2.32. The van der Waals surface area contributed by atoms with Gasteiger partial charge in [0, 0.05) is 46.7 Å². The molecule has 5 nitrogen and oxygen atoms in total. The summed E-state index contributed by atoms with van der Waals surface area (Å²) in [4.78, 5) is 12.8. The maximum absolute atomic E-state index is 12.8. The maximum atomic E-state index is 12.8. The van der Waals surface area contributed by atoms with E-state index >= 15 is 0 Å². The standard InChI is InChI=1S/C23H25BrN2O3/c1-28-18-7-5-17(6-8-18)23(10-13-29-14-11-23)16-25-22(27)15-26-12-9-19-20(24)3-2-4-21(19)26/h2-9,12H,10-11,13-16H2,1H3,(H,25,27). The molecule has 0 radical (unpaired) electrons. The van der Waals surface area contributed by atoms with Crippen molar-refractivity contribution in [3.05, 3.63) is 64.8 Å². The summed E-state index contributed by atoms with van der Waals surface area (Å²) < 4.78 is 13.9. The number of carbonyl (C=O) groups excluding carboxylic acids is 1. The number of hydrogen-bond acceptors (Lipinski definition) is 3. The predicted molar refractivity (Wildman–Crippen MR) is 117 cm³/mol. The molecule has 1 saturated heterocycles. The molecule has 0 saturated carbocycles. The van der Waals surface area contributed by atoms with Crippen LogP contribution >= 0.6 is 15.9 Å². The van der Waals surface area contributed by atoms with Crippen molar-refractivity contribution in [2.75, 3.05) is 26.9 Å². The Hall–Kier alpha value is -2.31. The van der Waals surface area contributed by atoms with Crippen molar-refractivity contribution in [1.82, 2.24) is 9.88 Å². The lowest BCUT2D eigenvalue weighted by molar-refractivity contribution is -0.122. The molecule has 0 aliphatic carbocycles. The molecule has 1 fully saturated rings. The van der Waals surface area contributed by atoms with Gasteiger partial charge in [-0.1, -0.05) is 34.1 Å². The maximum Gasteiger partial charge on any atom is 0.239 e. The molecule has 152 valence electrons. The number of fused-ring (bicyclic) bond motifs is 1. The third-order valence-electron chi connectivity index (χ3n) is 5.85. The van der Waals surface area contributed by atoms with Gasteiger partial charge in [0.1, 0.15) is 12.3 Å². The minimum absolute atomic E-state index is 0.0156. The van der Waals surface area contributed by atoms with Crippen molar-refractivity contribution < 1.29 is 14.3 Å². The zero-order valence-corrected chi connectivity index (χ0v) is 18.1. The fourth-order valence-electron chi connectivity index (χ4n) is 4.08. The molecule has 0 atom stereocenters. The molecule has 2 heterocycles. The van der Waals surface area contributed by atoms with Crippen LogP contribution in [-0.4, -0.2) is 37.3 Å². The molecule has 0 bridgehead atoms. The van der Waals surface area contributed by atoms with E-state index in [2.05, 4.69) is 33.4 Å². The SMILES string of the molecule is COc1ccc(C2(CNC(=O)Cn3ccc4c(Br)cccc43)CCOCC2)cc1. The molecule has 1 aromatic heterocycles. The van der Waals surface area contributed by atoms with Gasteiger partial charge in [0.2, 0.25) is 5.91 Å². The van der Waals surface area contributed by atoms with Gasteiger partial charge < -0.3 is 19.4 Å². The number of methoxy groups -OCH3 is 1. The fourth-order valence-corrected chi connectivity index (χ4v) is 4.56. The molecule has 1 aliphatic rings. The van der Waals surface area contributed by atoms with E-state index in [0.29, 0.717) is 26.3 Å². The average molecular weight is 457 g/mol. The van der Waals surface area contributed by atoms with Crippen molar-refractivity contribution in [2.45, 2.75) is 24.8 Å². The van der Waals surface area contributed by atoms with Crippen LogP contribution in [-0.2, 0) is 21.5 Å². The summed E-state index contributed by atoms with van der Waals surface area (Å²) in [6.07, 6.45) is 3.74. The summed E-state index contributed by atoms with van der Waals surface area (Å²) in [5.74, 6) is 0.854. The molecule has 2 aromatic carbocycles. The Bertz CT molecular complexity index is 991. The fraction of sp³-hybridized carbons (Fsp3) is 0.348. The van der Waals surface area contributed by atoms with Gasteiger partial charge in [0.05, 0.1) is 7.11 Å². The van der Waals surface area contributed by atoms with E-state index in [-0.39, 0.29) is 11.3 Å². The summed E-state index contributed by atoms with van der Waals surface area (Å²) in [5, 5.41) is 4.29. The van der Waals surface area contributed by atoms with Crippen molar-refractivity contribution in [3.63, 3.8) is 0 Å². The molecular formula is C23H25BrN2O3. The predicted octanol–water partition coefficient (Wildman–Crippen LogP) is 4.28. The second-order valence-corrected chi connectivity index (χ2v) is 8.37. The van der Waals surface area contributed by atoms with Crippen LogP contribution in [0.4, 0.5) is 0 Å². The Labute approximate surface area is 179 Å². The third kappa shape index (κ3) is 4.19. The number of ether oxygens (including phenoxy) is 2. The van der Waals surface area contributed by atoms with E-state index in [4.69, 9.17) is 9.47 Å². The van der Waals surface area contributed by atoms with E-state index in [1.54, 1.807) is 7.11 Å². The Balaban J connectivity index is 1.48. The minimum Gasteiger partial charge on any atom is -0.497 e. The molecule has 3 aromatic rings. The van der Waals surface area contributed by atoms with Crippen LogP contribution in [0.5, 0.6) is 5.75 Å². The van der Waals surface area contributed by atoms with E-state index in [0.717, 1.165) is 34.0 Å². The summed E-state index contributed by atoms with van der Waals surface area (Å²) in [6, 6.07) is 16.2.